The highest BCUT2D eigenvalue weighted by molar-refractivity contribution is 7.09. The summed E-state index contributed by atoms with van der Waals surface area (Å²) in [4.78, 5) is 15.1. The van der Waals surface area contributed by atoms with Gasteiger partial charge in [-0.1, -0.05) is 0 Å². The molecule has 0 bridgehead atoms. The molecule has 0 aliphatic rings. The van der Waals surface area contributed by atoms with E-state index in [1.54, 1.807) is 7.05 Å². The second kappa shape index (κ2) is 4.18. The Balaban J connectivity index is 2.46. The van der Waals surface area contributed by atoms with Gasteiger partial charge >= 0.3 is 0 Å². The first-order chi connectivity index (χ1) is 5.72. The number of hydrogen-bond donors (Lipinski definition) is 2. The third-order valence-corrected chi connectivity index (χ3v) is 2.00. The lowest BCUT2D eigenvalue weighted by molar-refractivity contribution is -0.115. The number of thiazole rings is 1. The third kappa shape index (κ3) is 2.60. The van der Waals surface area contributed by atoms with E-state index in [2.05, 4.69) is 15.6 Å². The summed E-state index contributed by atoms with van der Waals surface area (Å²) in [6.07, 6.45) is 0. The van der Waals surface area contributed by atoms with E-state index < -0.39 is 0 Å². The second-order valence-corrected chi connectivity index (χ2v) is 3.39. The Morgan fingerprint density at radius 2 is 2.50 bits per heavy atom. The molecule has 0 radical (unpaired) electrons. The number of anilines is 1. The number of hydrogen-bond acceptors (Lipinski definition) is 4. The van der Waals surface area contributed by atoms with Gasteiger partial charge in [0.15, 0.2) is 0 Å². The van der Waals surface area contributed by atoms with Gasteiger partial charge in [-0.2, -0.15) is 0 Å². The summed E-state index contributed by atoms with van der Waals surface area (Å²) >= 11 is 1.52. The van der Waals surface area contributed by atoms with E-state index in [1.165, 1.54) is 11.3 Å². The molecule has 0 aromatic carbocycles. The molecule has 1 aromatic heterocycles. The zero-order chi connectivity index (χ0) is 8.97. The smallest absolute Gasteiger partial charge is 0.239 e. The number of carbonyl (C=O) groups is 1. The van der Waals surface area contributed by atoms with Gasteiger partial charge < -0.3 is 10.6 Å². The van der Waals surface area contributed by atoms with Crippen LogP contribution in [0.4, 0.5) is 5.82 Å². The van der Waals surface area contributed by atoms with Crippen LogP contribution >= 0.6 is 11.3 Å². The van der Waals surface area contributed by atoms with Gasteiger partial charge in [-0.3, -0.25) is 4.79 Å². The van der Waals surface area contributed by atoms with Crippen LogP contribution in [0.3, 0.4) is 0 Å². The Morgan fingerprint density at radius 3 is 3.00 bits per heavy atom. The van der Waals surface area contributed by atoms with Crippen molar-refractivity contribution in [1.29, 1.82) is 0 Å². The number of carbonyl (C=O) groups excluding carboxylic acids is 1. The van der Waals surface area contributed by atoms with E-state index in [0.717, 1.165) is 5.01 Å². The Morgan fingerprint density at radius 1 is 1.75 bits per heavy atom. The largest absolute Gasteiger partial charge is 0.311 e. The molecule has 0 unspecified atom stereocenters. The molecular weight excluding hydrogens is 174 g/mol. The van der Waals surface area contributed by atoms with Crippen LogP contribution in [0.2, 0.25) is 0 Å². The standard InChI is InChI=1S/C7H11N3OS/c1-5-9-6(4-12-5)10-7(11)3-8-2/h4,8H,3H2,1-2H3,(H,10,11). The number of likely N-dealkylation sites (N-methyl/N-ethyl adjacent to an activating group) is 1. The predicted octanol–water partition coefficient (Wildman–Crippen LogP) is 0.609. The van der Waals surface area contributed by atoms with Gasteiger partial charge in [0, 0.05) is 5.38 Å². The molecule has 1 aromatic rings. The normalized spacial score (nSPS) is 9.83. The van der Waals surface area contributed by atoms with Crippen LogP contribution in [0.15, 0.2) is 5.38 Å². The third-order valence-electron chi connectivity index (χ3n) is 1.22. The lowest BCUT2D eigenvalue weighted by atomic mass is 10.5. The highest BCUT2D eigenvalue weighted by Gasteiger charge is 2.02. The van der Waals surface area contributed by atoms with E-state index in [0.29, 0.717) is 12.4 Å². The first-order valence-electron chi connectivity index (χ1n) is 3.59. The molecule has 0 spiro atoms. The summed E-state index contributed by atoms with van der Waals surface area (Å²) in [6, 6.07) is 0. The SMILES string of the molecule is CNCC(=O)Nc1csc(C)n1. The summed E-state index contributed by atoms with van der Waals surface area (Å²) in [5, 5.41) is 8.20. The number of aryl methyl sites for hydroxylation is 1. The highest BCUT2D eigenvalue weighted by atomic mass is 32.1. The number of rotatable bonds is 3. The molecule has 4 nitrogen and oxygen atoms in total. The van der Waals surface area contributed by atoms with Gasteiger partial charge in [0.05, 0.1) is 11.6 Å². The fourth-order valence-electron chi connectivity index (χ4n) is 0.768. The van der Waals surface area contributed by atoms with Crippen LogP contribution in [0.1, 0.15) is 5.01 Å². The molecule has 0 aliphatic heterocycles. The van der Waals surface area contributed by atoms with Gasteiger partial charge in [-0.15, -0.1) is 11.3 Å². The maximum Gasteiger partial charge on any atom is 0.239 e. The molecule has 0 fully saturated rings. The van der Waals surface area contributed by atoms with Gasteiger partial charge in [0.1, 0.15) is 5.82 Å². The van der Waals surface area contributed by atoms with E-state index in [9.17, 15) is 4.79 Å². The van der Waals surface area contributed by atoms with Gasteiger partial charge in [-0.25, -0.2) is 4.98 Å². The summed E-state index contributed by atoms with van der Waals surface area (Å²) in [5.41, 5.74) is 0. The summed E-state index contributed by atoms with van der Waals surface area (Å²) in [5.74, 6) is 0.570. The monoisotopic (exact) mass is 185 g/mol. The first-order valence-corrected chi connectivity index (χ1v) is 4.47. The number of aromatic nitrogens is 1. The molecule has 5 heteroatoms. The lowest BCUT2D eigenvalue weighted by Crippen LogP contribution is -2.25. The van der Waals surface area contributed by atoms with Crippen LogP contribution < -0.4 is 10.6 Å². The molecule has 2 N–H and O–H groups in total. The fourth-order valence-corrected chi connectivity index (χ4v) is 1.31. The van der Waals surface area contributed by atoms with Crippen molar-refractivity contribution in [3.63, 3.8) is 0 Å². The lowest BCUT2D eigenvalue weighted by Gasteiger charge is -1.99. The van der Waals surface area contributed by atoms with E-state index in [4.69, 9.17) is 0 Å². The topological polar surface area (TPSA) is 54.0 Å². The van der Waals surface area contributed by atoms with Crippen molar-refractivity contribution in [2.24, 2.45) is 0 Å². The summed E-state index contributed by atoms with van der Waals surface area (Å²) in [6.45, 7) is 2.22. The molecule has 1 heterocycles. The molecule has 1 amide bonds. The fraction of sp³-hybridized carbons (Fsp3) is 0.429. The van der Waals surface area contributed by atoms with Crippen molar-refractivity contribution < 1.29 is 4.79 Å². The van der Waals surface area contributed by atoms with Gasteiger partial charge in [-0.05, 0) is 14.0 Å². The number of nitrogens with zero attached hydrogens (tertiary/aromatic N) is 1. The van der Waals surface area contributed by atoms with Gasteiger partial charge in [0.2, 0.25) is 5.91 Å². The second-order valence-electron chi connectivity index (χ2n) is 2.33. The highest BCUT2D eigenvalue weighted by Crippen LogP contribution is 2.11. The van der Waals surface area contributed by atoms with E-state index in [1.807, 2.05) is 12.3 Å². The molecule has 0 saturated carbocycles. The minimum absolute atomic E-state index is 0.0669. The van der Waals surface area contributed by atoms with Crippen molar-refractivity contribution in [2.75, 3.05) is 18.9 Å². The van der Waals surface area contributed by atoms with Crippen LogP contribution in [-0.4, -0.2) is 24.5 Å². The molecule has 0 saturated heterocycles. The molecule has 0 aliphatic carbocycles. The molecule has 12 heavy (non-hydrogen) atoms. The summed E-state index contributed by atoms with van der Waals surface area (Å²) in [7, 11) is 1.73. The minimum Gasteiger partial charge on any atom is -0.311 e. The average Bonchev–Trinajstić information content (AvgIpc) is 2.36. The maximum absolute atomic E-state index is 11.0. The van der Waals surface area contributed by atoms with Gasteiger partial charge in [0.25, 0.3) is 0 Å². The Hall–Kier alpha value is -0.940. The Bertz CT molecular complexity index is 271. The van der Waals surface area contributed by atoms with Crippen LogP contribution in [0, 0.1) is 6.92 Å². The van der Waals surface area contributed by atoms with Crippen molar-refractivity contribution in [2.45, 2.75) is 6.92 Å². The number of nitrogens with one attached hydrogen (secondary N) is 2. The number of amides is 1. The van der Waals surface area contributed by atoms with Crippen LogP contribution in [0.5, 0.6) is 0 Å². The van der Waals surface area contributed by atoms with Crippen molar-refractivity contribution in [1.82, 2.24) is 10.3 Å². The quantitative estimate of drug-likeness (QED) is 0.725. The molecular formula is C7H11N3OS. The van der Waals surface area contributed by atoms with Crippen molar-refractivity contribution >= 4 is 23.1 Å². The Labute approximate surface area is 75.0 Å². The zero-order valence-corrected chi connectivity index (χ0v) is 7.86. The molecule has 0 atom stereocenters. The van der Waals surface area contributed by atoms with Crippen molar-refractivity contribution in [3.05, 3.63) is 10.4 Å². The maximum atomic E-state index is 11.0. The zero-order valence-electron chi connectivity index (χ0n) is 7.05. The predicted molar refractivity (Wildman–Crippen MR) is 49.4 cm³/mol. The Kier molecular flexibility index (Phi) is 3.19. The summed E-state index contributed by atoms with van der Waals surface area (Å²) < 4.78 is 0. The molecule has 1 rings (SSSR count). The minimum atomic E-state index is -0.0669. The van der Waals surface area contributed by atoms with Crippen LogP contribution in [0.25, 0.3) is 0 Å². The molecule has 66 valence electrons. The van der Waals surface area contributed by atoms with Crippen molar-refractivity contribution in [3.8, 4) is 0 Å². The van der Waals surface area contributed by atoms with Crippen LogP contribution in [-0.2, 0) is 4.79 Å². The average molecular weight is 185 g/mol. The van der Waals surface area contributed by atoms with E-state index >= 15 is 0 Å². The van der Waals surface area contributed by atoms with E-state index in [-0.39, 0.29) is 5.91 Å². The first kappa shape index (κ1) is 9.15.